The van der Waals surface area contributed by atoms with Crippen LogP contribution < -0.4 is 10.1 Å². The Morgan fingerprint density at radius 3 is 2.45 bits per heavy atom. The molecular formula is C27H24FNO3S. The lowest BCUT2D eigenvalue weighted by Gasteiger charge is -2.13. The number of allylic oxidation sites excluding steroid dienone is 1. The molecule has 33 heavy (non-hydrogen) atoms. The van der Waals surface area contributed by atoms with Gasteiger partial charge in [0.2, 0.25) is 5.91 Å². The van der Waals surface area contributed by atoms with Gasteiger partial charge in [-0.3, -0.25) is 4.79 Å². The number of aryl methyl sites for hydroxylation is 1. The predicted molar refractivity (Wildman–Crippen MR) is 133 cm³/mol. The highest BCUT2D eigenvalue weighted by atomic mass is 32.2. The molecule has 6 heteroatoms. The van der Waals surface area contributed by atoms with Gasteiger partial charge in [0, 0.05) is 38.7 Å². The van der Waals surface area contributed by atoms with Crippen molar-refractivity contribution in [1.29, 1.82) is 0 Å². The van der Waals surface area contributed by atoms with Gasteiger partial charge in [-0.25, -0.2) is 4.39 Å². The van der Waals surface area contributed by atoms with Crippen LogP contribution in [0.4, 0.5) is 10.1 Å². The fourth-order valence-corrected chi connectivity index (χ4v) is 4.26. The Morgan fingerprint density at radius 1 is 1.12 bits per heavy atom. The molecule has 1 aromatic heterocycles. The molecule has 0 aliphatic rings. The van der Waals surface area contributed by atoms with Crippen molar-refractivity contribution in [3.63, 3.8) is 0 Å². The highest BCUT2D eigenvalue weighted by Crippen LogP contribution is 2.40. The molecule has 3 aromatic carbocycles. The van der Waals surface area contributed by atoms with Gasteiger partial charge in [0.1, 0.15) is 17.1 Å². The number of carbonyl (C=O) groups excluding carboxylic acids is 1. The number of nitrogens with one attached hydrogen (secondary N) is 1. The van der Waals surface area contributed by atoms with Gasteiger partial charge < -0.3 is 14.5 Å². The van der Waals surface area contributed by atoms with E-state index in [4.69, 9.17) is 9.15 Å². The van der Waals surface area contributed by atoms with Gasteiger partial charge in [-0.15, -0.1) is 11.8 Å². The molecule has 0 atom stereocenters. The van der Waals surface area contributed by atoms with Crippen LogP contribution in [0, 0.1) is 12.7 Å². The van der Waals surface area contributed by atoms with Crippen LogP contribution in [0.3, 0.4) is 0 Å². The molecule has 0 aliphatic heterocycles. The summed E-state index contributed by atoms with van der Waals surface area (Å²) in [4.78, 5) is 13.8. The molecule has 0 fully saturated rings. The largest absolute Gasteiger partial charge is 0.496 e. The first-order valence-electron chi connectivity index (χ1n) is 10.4. The van der Waals surface area contributed by atoms with E-state index in [-0.39, 0.29) is 11.7 Å². The highest BCUT2D eigenvalue weighted by Gasteiger charge is 2.19. The normalized spacial score (nSPS) is 11.6. The Kier molecular flexibility index (Phi) is 6.56. The van der Waals surface area contributed by atoms with Crippen molar-refractivity contribution in [3.8, 4) is 16.9 Å². The lowest BCUT2D eigenvalue weighted by molar-refractivity contribution is -0.111. The summed E-state index contributed by atoms with van der Waals surface area (Å²) in [6, 6.07) is 15.9. The number of furan rings is 1. The molecule has 0 saturated carbocycles. The van der Waals surface area contributed by atoms with Crippen LogP contribution in [0.1, 0.15) is 18.1 Å². The lowest BCUT2D eigenvalue weighted by atomic mass is 9.96. The maximum Gasteiger partial charge on any atom is 0.248 e. The fourth-order valence-electron chi connectivity index (χ4n) is 3.85. The number of ether oxygens (including phenoxy) is 1. The van der Waals surface area contributed by atoms with E-state index in [1.165, 1.54) is 12.1 Å². The first-order chi connectivity index (χ1) is 15.9. The molecule has 0 unspecified atom stereocenters. The van der Waals surface area contributed by atoms with Crippen LogP contribution in [0.2, 0.25) is 0 Å². The molecule has 0 aliphatic carbocycles. The summed E-state index contributed by atoms with van der Waals surface area (Å²) in [5.74, 6) is 0.126. The van der Waals surface area contributed by atoms with Gasteiger partial charge in [0.15, 0.2) is 0 Å². The Labute approximate surface area is 196 Å². The lowest BCUT2D eigenvalue weighted by Crippen LogP contribution is -2.08. The standard InChI is InChI=1S/C27H24FNO3S/c1-16(13-25(30)29-20-9-11-21(33-4)12-10-20)22-14-23-24(18-5-7-19(28)8-6-18)15-32-27(23)17(2)26(22)31-3/h5-15H,1-4H3,(H,29,30)/b16-13+. The first-order valence-corrected chi connectivity index (χ1v) is 11.6. The predicted octanol–water partition coefficient (Wildman–Crippen LogP) is 7.32. The minimum absolute atomic E-state index is 0.227. The van der Waals surface area contributed by atoms with Crippen molar-refractivity contribution >= 4 is 39.9 Å². The van der Waals surface area contributed by atoms with E-state index in [0.717, 1.165) is 43.8 Å². The minimum Gasteiger partial charge on any atom is -0.496 e. The van der Waals surface area contributed by atoms with Crippen LogP contribution in [0.25, 0.3) is 27.7 Å². The molecule has 168 valence electrons. The average molecular weight is 462 g/mol. The average Bonchev–Trinajstić information content (AvgIpc) is 3.24. The van der Waals surface area contributed by atoms with Gasteiger partial charge in [-0.05, 0) is 73.7 Å². The van der Waals surface area contributed by atoms with E-state index < -0.39 is 0 Å². The van der Waals surface area contributed by atoms with Crippen LogP contribution in [0.15, 0.2) is 76.2 Å². The van der Waals surface area contributed by atoms with Crippen molar-refractivity contribution in [3.05, 3.63) is 83.9 Å². The third-order valence-corrected chi connectivity index (χ3v) is 6.28. The number of fused-ring (bicyclic) bond motifs is 1. The van der Waals surface area contributed by atoms with E-state index in [0.29, 0.717) is 11.3 Å². The van der Waals surface area contributed by atoms with Crippen LogP contribution >= 0.6 is 11.8 Å². The SMILES string of the molecule is COc1c(/C(C)=C/C(=O)Nc2ccc(SC)cc2)cc2c(-c3ccc(F)cc3)coc2c1C. The highest BCUT2D eigenvalue weighted by molar-refractivity contribution is 7.98. The second-order valence-corrected chi connectivity index (χ2v) is 8.54. The zero-order valence-electron chi connectivity index (χ0n) is 18.9. The van der Waals surface area contributed by atoms with Crippen molar-refractivity contribution in [2.45, 2.75) is 18.7 Å². The van der Waals surface area contributed by atoms with Gasteiger partial charge >= 0.3 is 0 Å². The molecule has 0 radical (unpaired) electrons. The third-order valence-electron chi connectivity index (χ3n) is 5.53. The number of anilines is 1. The zero-order valence-corrected chi connectivity index (χ0v) is 19.7. The van der Waals surface area contributed by atoms with Crippen molar-refractivity contribution in [2.24, 2.45) is 0 Å². The summed E-state index contributed by atoms with van der Waals surface area (Å²) in [6.45, 7) is 3.79. The van der Waals surface area contributed by atoms with Gasteiger partial charge in [-0.1, -0.05) is 12.1 Å². The Balaban J connectivity index is 1.72. The molecule has 1 amide bonds. The molecular weight excluding hydrogens is 437 g/mol. The van der Waals surface area contributed by atoms with Gasteiger partial charge in [0.05, 0.1) is 13.4 Å². The molecule has 0 spiro atoms. The Morgan fingerprint density at radius 2 is 1.82 bits per heavy atom. The number of hydrogen-bond acceptors (Lipinski definition) is 4. The summed E-state index contributed by atoms with van der Waals surface area (Å²) in [5.41, 5.74) is 5.50. The Bertz CT molecular complexity index is 1340. The maximum atomic E-state index is 13.4. The molecule has 0 bridgehead atoms. The fraction of sp³-hybridized carbons (Fsp3) is 0.148. The van der Waals surface area contributed by atoms with Crippen LogP contribution in [-0.2, 0) is 4.79 Å². The summed E-state index contributed by atoms with van der Waals surface area (Å²) >= 11 is 1.65. The number of amides is 1. The molecule has 4 rings (SSSR count). The number of methoxy groups -OCH3 is 1. The van der Waals surface area contributed by atoms with E-state index in [1.807, 2.05) is 50.4 Å². The Hall–Kier alpha value is -3.51. The number of thioether (sulfide) groups is 1. The van der Waals surface area contributed by atoms with Crippen molar-refractivity contribution in [1.82, 2.24) is 0 Å². The molecule has 1 N–H and O–H groups in total. The molecule has 4 nitrogen and oxygen atoms in total. The third kappa shape index (κ3) is 4.66. The molecule has 0 saturated heterocycles. The minimum atomic E-state index is -0.294. The van der Waals surface area contributed by atoms with E-state index in [1.54, 1.807) is 43.3 Å². The number of hydrogen-bond donors (Lipinski definition) is 1. The van der Waals surface area contributed by atoms with E-state index in [9.17, 15) is 9.18 Å². The quantitative estimate of drug-likeness (QED) is 0.241. The monoisotopic (exact) mass is 461 g/mol. The maximum absolute atomic E-state index is 13.4. The first kappa shape index (κ1) is 22.7. The van der Waals surface area contributed by atoms with Crippen molar-refractivity contribution < 1.29 is 18.3 Å². The van der Waals surface area contributed by atoms with Crippen molar-refractivity contribution in [2.75, 3.05) is 18.7 Å². The van der Waals surface area contributed by atoms with E-state index in [2.05, 4.69) is 5.32 Å². The van der Waals surface area contributed by atoms with Gasteiger partial charge in [-0.2, -0.15) is 0 Å². The summed E-state index contributed by atoms with van der Waals surface area (Å²) in [7, 11) is 1.60. The van der Waals surface area contributed by atoms with Crippen LogP contribution in [0.5, 0.6) is 5.75 Å². The number of halogens is 1. The number of benzene rings is 3. The molecule has 1 heterocycles. The topological polar surface area (TPSA) is 51.5 Å². The zero-order chi connectivity index (χ0) is 23.5. The van der Waals surface area contributed by atoms with Crippen LogP contribution in [-0.4, -0.2) is 19.3 Å². The summed E-state index contributed by atoms with van der Waals surface area (Å²) < 4.78 is 24.9. The summed E-state index contributed by atoms with van der Waals surface area (Å²) in [6.07, 6.45) is 5.23. The second-order valence-electron chi connectivity index (χ2n) is 7.66. The number of rotatable bonds is 6. The smallest absolute Gasteiger partial charge is 0.248 e. The van der Waals surface area contributed by atoms with Gasteiger partial charge in [0.25, 0.3) is 0 Å². The second kappa shape index (κ2) is 9.55. The number of carbonyl (C=O) groups is 1. The van der Waals surface area contributed by atoms with E-state index >= 15 is 0 Å². The summed E-state index contributed by atoms with van der Waals surface area (Å²) in [5, 5.41) is 3.77. The molecule has 4 aromatic rings.